The standard InChI is InChI=1S/C19H22N2O3S2/c1-2-24-19(23)17-13-4-3-5-15(13)26-18(17)20-16(22)11-21-8-6-14-12(10-21)7-9-25-14/h7,9H,2-6,8,10-11H2,1H3,(H,20,22). The molecule has 0 saturated heterocycles. The highest BCUT2D eigenvalue weighted by Gasteiger charge is 2.28. The Kier molecular flexibility index (Phi) is 5.11. The van der Waals surface area contributed by atoms with E-state index in [0.29, 0.717) is 23.7 Å². The fraction of sp³-hybridized carbons (Fsp3) is 0.474. The number of amides is 1. The van der Waals surface area contributed by atoms with Crippen molar-refractivity contribution in [2.45, 2.75) is 39.2 Å². The summed E-state index contributed by atoms with van der Waals surface area (Å²) in [4.78, 5) is 29.8. The fourth-order valence-corrected chi connectivity index (χ4v) is 5.91. The number of anilines is 1. The molecule has 0 aromatic carbocycles. The number of esters is 1. The lowest BCUT2D eigenvalue weighted by Crippen LogP contribution is -2.36. The third-order valence-corrected chi connectivity index (χ3v) is 7.14. The second-order valence-corrected chi connectivity index (χ2v) is 8.77. The molecule has 7 heteroatoms. The lowest BCUT2D eigenvalue weighted by molar-refractivity contribution is -0.117. The molecule has 0 unspecified atom stereocenters. The minimum Gasteiger partial charge on any atom is -0.462 e. The van der Waals surface area contributed by atoms with Gasteiger partial charge in [-0.3, -0.25) is 9.69 Å². The van der Waals surface area contributed by atoms with Crippen molar-refractivity contribution in [2.75, 3.05) is 25.0 Å². The number of ether oxygens (including phenoxy) is 1. The summed E-state index contributed by atoms with van der Waals surface area (Å²) >= 11 is 3.33. The molecule has 0 spiro atoms. The van der Waals surface area contributed by atoms with Crippen molar-refractivity contribution in [1.82, 2.24) is 4.90 Å². The van der Waals surface area contributed by atoms with E-state index in [-0.39, 0.29) is 11.9 Å². The lowest BCUT2D eigenvalue weighted by atomic mass is 10.1. The van der Waals surface area contributed by atoms with Crippen LogP contribution in [0.15, 0.2) is 11.4 Å². The van der Waals surface area contributed by atoms with Gasteiger partial charge < -0.3 is 10.1 Å². The topological polar surface area (TPSA) is 58.6 Å². The zero-order valence-corrected chi connectivity index (χ0v) is 16.4. The molecule has 0 saturated carbocycles. The SMILES string of the molecule is CCOC(=O)c1c(NC(=O)CN2CCc3sccc3C2)sc2c1CCC2. The van der Waals surface area contributed by atoms with E-state index in [0.717, 1.165) is 44.3 Å². The number of nitrogens with one attached hydrogen (secondary N) is 1. The van der Waals surface area contributed by atoms with E-state index in [2.05, 4.69) is 21.7 Å². The van der Waals surface area contributed by atoms with Gasteiger partial charge in [-0.25, -0.2) is 4.79 Å². The van der Waals surface area contributed by atoms with Gasteiger partial charge in [0.25, 0.3) is 0 Å². The van der Waals surface area contributed by atoms with Gasteiger partial charge in [-0.2, -0.15) is 0 Å². The first-order valence-electron chi connectivity index (χ1n) is 9.04. The number of carbonyl (C=O) groups is 2. The van der Waals surface area contributed by atoms with Gasteiger partial charge in [-0.05, 0) is 55.2 Å². The Labute approximate surface area is 161 Å². The molecule has 1 aliphatic heterocycles. The Morgan fingerprint density at radius 3 is 3.00 bits per heavy atom. The van der Waals surface area contributed by atoms with Gasteiger partial charge in [0.1, 0.15) is 5.00 Å². The molecule has 0 atom stereocenters. The van der Waals surface area contributed by atoms with Crippen LogP contribution in [0.4, 0.5) is 5.00 Å². The quantitative estimate of drug-likeness (QED) is 0.794. The predicted octanol–water partition coefficient (Wildman–Crippen LogP) is 3.47. The van der Waals surface area contributed by atoms with Crippen molar-refractivity contribution < 1.29 is 14.3 Å². The van der Waals surface area contributed by atoms with Gasteiger partial charge in [0, 0.05) is 22.8 Å². The number of aryl methyl sites for hydroxylation is 1. The molecular weight excluding hydrogens is 368 g/mol. The zero-order chi connectivity index (χ0) is 18.1. The predicted molar refractivity (Wildman–Crippen MR) is 104 cm³/mol. The summed E-state index contributed by atoms with van der Waals surface area (Å²) in [7, 11) is 0. The molecule has 26 heavy (non-hydrogen) atoms. The molecule has 5 nitrogen and oxygen atoms in total. The average molecular weight is 391 g/mol. The van der Waals surface area contributed by atoms with Crippen LogP contribution >= 0.6 is 22.7 Å². The Hall–Kier alpha value is -1.70. The van der Waals surface area contributed by atoms with Gasteiger partial charge in [-0.15, -0.1) is 22.7 Å². The van der Waals surface area contributed by atoms with Crippen LogP contribution < -0.4 is 5.32 Å². The third kappa shape index (κ3) is 3.43. The van der Waals surface area contributed by atoms with Gasteiger partial charge in [0.2, 0.25) is 5.91 Å². The first-order valence-corrected chi connectivity index (χ1v) is 10.7. The summed E-state index contributed by atoms with van der Waals surface area (Å²) in [6, 6.07) is 2.15. The summed E-state index contributed by atoms with van der Waals surface area (Å²) in [5.41, 5.74) is 2.98. The molecule has 138 valence electrons. The minimum absolute atomic E-state index is 0.0610. The summed E-state index contributed by atoms with van der Waals surface area (Å²) in [6.07, 6.45) is 3.94. The van der Waals surface area contributed by atoms with E-state index in [1.807, 2.05) is 0 Å². The van der Waals surface area contributed by atoms with E-state index < -0.39 is 0 Å². The number of rotatable bonds is 5. The number of thiophene rings is 2. The van der Waals surface area contributed by atoms with E-state index in [4.69, 9.17) is 4.74 Å². The van der Waals surface area contributed by atoms with Crippen LogP contribution in [0.1, 0.15) is 44.6 Å². The monoisotopic (exact) mass is 390 g/mol. The molecule has 1 N–H and O–H groups in total. The second-order valence-electron chi connectivity index (χ2n) is 6.66. The molecule has 0 fully saturated rings. The molecule has 1 amide bonds. The van der Waals surface area contributed by atoms with Gasteiger partial charge in [0.05, 0.1) is 18.7 Å². The molecule has 2 aromatic heterocycles. The normalized spacial score (nSPS) is 16.2. The Morgan fingerprint density at radius 2 is 2.15 bits per heavy atom. The Bertz CT molecular complexity index is 840. The van der Waals surface area contributed by atoms with Crippen molar-refractivity contribution in [1.29, 1.82) is 0 Å². The zero-order valence-electron chi connectivity index (χ0n) is 14.8. The number of carbonyl (C=O) groups excluding carboxylic acids is 2. The molecule has 0 bridgehead atoms. The number of fused-ring (bicyclic) bond motifs is 2. The molecular formula is C19H22N2O3S2. The van der Waals surface area contributed by atoms with Crippen molar-refractivity contribution in [2.24, 2.45) is 0 Å². The number of hydrogen-bond donors (Lipinski definition) is 1. The van der Waals surface area contributed by atoms with E-state index in [9.17, 15) is 9.59 Å². The van der Waals surface area contributed by atoms with Crippen molar-refractivity contribution >= 4 is 39.6 Å². The Morgan fingerprint density at radius 1 is 1.27 bits per heavy atom. The number of nitrogens with zero attached hydrogens (tertiary/aromatic N) is 1. The average Bonchev–Trinajstić information content (AvgIpc) is 3.29. The third-order valence-electron chi connectivity index (χ3n) is 4.91. The maximum absolute atomic E-state index is 12.6. The van der Waals surface area contributed by atoms with E-state index >= 15 is 0 Å². The van der Waals surface area contributed by atoms with Crippen LogP contribution in [-0.2, 0) is 35.3 Å². The molecule has 4 rings (SSSR count). The highest BCUT2D eigenvalue weighted by molar-refractivity contribution is 7.17. The van der Waals surface area contributed by atoms with Crippen molar-refractivity contribution in [3.05, 3.63) is 37.9 Å². The summed E-state index contributed by atoms with van der Waals surface area (Å²) in [5, 5.41) is 5.76. The molecule has 0 radical (unpaired) electrons. The van der Waals surface area contributed by atoms with Crippen LogP contribution in [0.3, 0.4) is 0 Å². The maximum Gasteiger partial charge on any atom is 0.341 e. The first kappa shape index (κ1) is 17.7. The summed E-state index contributed by atoms with van der Waals surface area (Å²) < 4.78 is 5.22. The van der Waals surface area contributed by atoms with Crippen LogP contribution in [0, 0.1) is 0 Å². The van der Waals surface area contributed by atoms with E-state index in [1.54, 1.807) is 18.3 Å². The van der Waals surface area contributed by atoms with Crippen molar-refractivity contribution in [3.63, 3.8) is 0 Å². The highest BCUT2D eigenvalue weighted by Crippen LogP contribution is 2.39. The van der Waals surface area contributed by atoms with Gasteiger partial charge in [-0.1, -0.05) is 0 Å². The summed E-state index contributed by atoms with van der Waals surface area (Å²) in [6.45, 7) is 4.20. The largest absolute Gasteiger partial charge is 0.462 e. The molecule has 2 aromatic rings. The second kappa shape index (κ2) is 7.50. The maximum atomic E-state index is 12.6. The summed E-state index contributed by atoms with van der Waals surface area (Å²) in [5.74, 6) is -0.378. The molecule has 1 aliphatic carbocycles. The number of hydrogen-bond acceptors (Lipinski definition) is 6. The van der Waals surface area contributed by atoms with E-state index in [1.165, 1.54) is 26.7 Å². The van der Waals surface area contributed by atoms with Crippen LogP contribution in [0.5, 0.6) is 0 Å². The smallest absolute Gasteiger partial charge is 0.341 e. The molecule has 3 heterocycles. The minimum atomic E-state index is -0.317. The Balaban J connectivity index is 1.45. The first-order chi connectivity index (χ1) is 12.7. The lowest BCUT2D eigenvalue weighted by Gasteiger charge is -2.26. The van der Waals surface area contributed by atoms with Gasteiger partial charge >= 0.3 is 5.97 Å². The van der Waals surface area contributed by atoms with Crippen molar-refractivity contribution in [3.8, 4) is 0 Å². The van der Waals surface area contributed by atoms with Crippen LogP contribution in [-0.4, -0.2) is 36.5 Å². The fourth-order valence-electron chi connectivity index (χ4n) is 3.72. The van der Waals surface area contributed by atoms with Crippen LogP contribution in [0.25, 0.3) is 0 Å². The molecule has 2 aliphatic rings. The highest BCUT2D eigenvalue weighted by atomic mass is 32.1. The van der Waals surface area contributed by atoms with Gasteiger partial charge in [0.15, 0.2) is 0 Å². The van der Waals surface area contributed by atoms with Crippen LogP contribution in [0.2, 0.25) is 0 Å².